The summed E-state index contributed by atoms with van der Waals surface area (Å²) in [5.74, 6) is 0. The van der Waals surface area contributed by atoms with Gasteiger partial charge >= 0.3 is 0 Å². The van der Waals surface area contributed by atoms with Crippen molar-refractivity contribution >= 4 is 34.0 Å². The minimum Gasteiger partial charge on any atom is -0.470 e. The van der Waals surface area contributed by atoms with Crippen LogP contribution in [0.4, 0.5) is 0 Å². The largest absolute Gasteiger partial charge is 0.470 e. The fraction of sp³-hybridized carbons (Fsp3) is 0. The number of rotatable bonds is 0. The maximum atomic E-state index is 5.28. The standard InChI is InChI=1S/C11H7NOS/c14-10-3-1-2-8-11(10)7-4-5-13-6-9(7)12-8/h1-6,12H. The summed E-state index contributed by atoms with van der Waals surface area (Å²) < 4.78 is 5.97. The normalized spacial score (nSPS) is 11.1. The van der Waals surface area contributed by atoms with Gasteiger partial charge in [0.2, 0.25) is 0 Å². The molecule has 2 nitrogen and oxygen atoms in total. The van der Waals surface area contributed by atoms with Crippen molar-refractivity contribution in [2.45, 2.75) is 0 Å². The molecule has 3 rings (SSSR count). The predicted molar refractivity (Wildman–Crippen MR) is 58.9 cm³/mol. The van der Waals surface area contributed by atoms with E-state index in [2.05, 4.69) is 4.98 Å². The summed E-state index contributed by atoms with van der Waals surface area (Å²) in [6.07, 6.45) is 3.36. The van der Waals surface area contributed by atoms with Gasteiger partial charge < -0.3 is 9.40 Å². The molecule has 0 aliphatic rings. The van der Waals surface area contributed by atoms with Crippen LogP contribution >= 0.6 is 12.2 Å². The summed E-state index contributed by atoms with van der Waals surface area (Å²) in [5.41, 5.74) is 2.05. The van der Waals surface area contributed by atoms with Gasteiger partial charge in [-0.1, -0.05) is 18.3 Å². The highest BCUT2D eigenvalue weighted by molar-refractivity contribution is 7.71. The third kappa shape index (κ3) is 0.930. The molecule has 0 spiro atoms. The van der Waals surface area contributed by atoms with Crippen molar-refractivity contribution in [3.8, 4) is 0 Å². The monoisotopic (exact) mass is 201 g/mol. The van der Waals surface area contributed by atoms with Gasteiger partial charge in [-0.25, -0.2) is 0 Å². The van der Waals surface area contributed by atoms with Crippen molar-refractivity contribution < 1.29 is 4.42 Å². The lowest BCUT2D eigenvalue weighted by molar-refractivity contribution is 0.556. The molecule has 2 aromatic heterocycles. The zero-order chi connectivity index (χ0) is 9.54. The van der Waals surface area contributed by atoms with Crippen LogP contribution in [0.2, 0.25) is 0 Å². The minimum absolute atomic E-state index is 0.875. The molecule has 68 valence electrons. The van der Waals surface area contributed by atoms with Gasteiger partial charge in [0.25, 0.3) is 0 Å². The zero-order valence-corrected chi connectivity index (χ0v) is 8.10. The lowest BCUT2D eigenvalue weighted by Gasteiger charge is -1.88. The van der Waals surface area contributed by atoms with E-state index < -0.39 is 0 Å². The topological polar surface area (TPSA) is 28.9 Å². The van der Waals surface area contributed by atoms with E-state index in [-0.39, 0.29) is 0 Å². The van der Waals surface area contributed by atoms with Crippen molar-refractivity contribution in [2.24, 2.45) is 0 Å². The third-order valence-electron chi connectivity index (χ3n) is 2.35. The third-order valence-corrected chi connectivity index (χ3v) is 2.69. The van der Waals surface area contributed by atoms with Gasteiger partial charge in [-0.05, 0) is 18.2 Å². The van der Waals surface area contributed by atoms with Gasteiger partial charge in [0, 0.05) is 20.8 Å². The molecule has 0 fully saturated rings. The fourth-order valence-electron chi connectivity index (χ4n) is 1.74. The van der Waals surface area contributed by atoms with Gasteiger partial charge in [0.15, 0.2) is 0 Å². The maximum absolute atomic E-state index is 5.28. The Morgan fingerprint density at radius 3 is 3.00 bits per heavy atom. The van der Waals surface area contributed by atoms with E-state index >= 15 is 0 Å². The first kappa shape index (κ1) is 7.76. The molecule has 14 heavy (non-hydrogen) atoms. The Hall–Kier alpha value is -1.61. The number of fused-ring (bicyclic) bond motifs is 3. The average Bonchev–Trinajstić information content (AvgIpc) is 2.57. The Morgan fingerprint density at radius 1 is 1.14 bits per heavy atom. The van der Waals surface area contributed by atoms with E-state index in [0.29, 0.717) is 0 Å². The molecule has 0 unspecified atom stereocenters. The first-order valence-corrected chi connectivity index (χ1v) is 4.74. The number of H-pyrrole nitrogens is 1. The summed E-state index contributed by atoms with van der Waals surface area (Å²) in [7, 11) is 0. The van der Waals surface area contributed by atoms with Gasteiger partial charge in [0.1, 0.15) is 6.26 Å². The highest BCUT2D eigenvalue weighted by Gasteiger charge is 2.03. The molecular formula is C11H7NOS. The lowest BCUT2D eigenvalue weighted by Crippen LogP contribution is -1.67. The van der Waals surface area contributed by atoms with Crippen LogP contribution in [0, 0.1) is 4.51 Å². The summed E-state index contributed by atoms with van der Waals surface area (Å²) in [4.78, 5) is 3.26. The van der Waals surface area contributed by atoms with Crippen molar-refractivity contribution in [3.05, 3.63) is 41.3 Å². The molecule has 3 heteroatoms. The Morgan fingerprint density at radius 2 is 2.07 bits per heavy atom. The van der Waals surface area contributed by atoms with Gasteiger partial charge in [-0.15, -0.1) is 0 Å². The Kier molecular flexibility index (Phi) is 1.49. The van der Waals surface area contributed by atoms with Crippen LogP contribution in [0.3, 0.4) is 0 Å². The van der Waals surface area contributed by atoms with Crippen LogP contribution in [-0.4, -0.2) is 4.98 Å². The molecule has 0 bridgehead atoms. The van der Waals surface area contributed by atoms with Crippen molar-refractivity contribution in [3.63, 3.8) is 0 Å². The minimum atomic E-state index is 0.875. The van der Waals surface area contributed by atoms with Gasteiger partial charge in [-0.3, -0.25) is 0 Å². The Balaban J connectivity index is 2.73. The van der Waals surface area contributed by atoms with Gasteiger partial charge in [-0.2, -0.15) is 0 Å². The van der Waals surface area contributed by atoms with Crippen LogP contribution in [0.15, 0.2) is 41.2 Å². The molecule has 1 aromatic carbocycles. The van der Waals surface area contributed by atoms with E-state index in [9.17, 15) is 0 Å². The predicted octanol–water partition coefficient (Wildman–Crippen LogP) is 3.64. The van der Waals surface area contributed by atoms with Crippen LogP contribution in [-0.2, 0) is 0 Å². The second kappa shape index (κ2) is 2.69. The molecule has 0 saturated carbocycles. The number of hydrogen-bond donors (Lipinski definition) is 1. The van der Waals surface area contributed by atoms with E-state index in [0.717, 1.165) is 26.3 Å². The molecule has 0 aliphatic heterocycles. The van der Waals surface area contributed by atoms with E-state index in [1.54, 1.807) is 12.5 Å². The summed E-state index contributed by atoms with van der Waals surface area (Å²) in [5, 5.41) is 2.23. The average molecular weight is 201 g/mol. The zero-order valence-electron chi connectivity index (χ0n) is 7.28. The number of benzene rings is 1. The van der Waals surface area contributed by atoms with Crippen molar-refractivity contribution in [1.29, 1.82) is 0 Å². The second-order valence-corrected chi connectivity index (χ2v) is 3.63. The number of nitrogens with one attached hydrogen (secondary N) is 1. The smallest absolute Gasteiger partial charge is 0.114 e. The summed E-state index contributed by atoms with van der Waals surface area (Å²) >= 11 is 5.28. The SMILES string of the molecule is S=c1cccc2[nH]c3coccc3c12. The van der Waals surface area contributed by atoms with Gasteiger partial charge in [0.05, 0.1) is 11.8 Å². The van der Waals surface area contributed by atoms with E-state index in [1.807, 2.05) is 24.3 Å². The van der Waals surface area contributed by atoms with Crippen LogP contribution in [0.5, 0.6) is 0 Å². The number of aromatic nitrogens is 1. The van der Waals surface area contributed by atoms with Crippen LogP contribution in [0.1, 0.15) is 0 Å². The lowest BCUT2D eigenvalue weighted by atomic mass is 10.2. The highest BCUT2D eigenvalue weighted by atomic mass is 32.1. The fourth-order valence-corrected chi connectivity index (χ4v) is 2.04. The quantitative estimate of drug-likeness (QED) is 0.562. The molecule has 0 saturated heterocycles. The molecule has 2 heterocycles. The van der Waals surface area contributed by atoms with E-state index in [4.69, 9.17) is 16.6 Å². The second-order valence-electron chi connectivity index (χ2n) is 3.19. The highest BCUT2D eigenvalue weighted by Crippen LogP contribution is 2.25. The molecule has 1 N–H and O–H groups in total. The molecule has 3 aromatic rings. The first-order chi connectivity index (χ1) is 6.86. The summed E-state index contributed by atoms with van der Waals surface area (Å²) in [6.45, 7) is 0. The van der Waals surface area contributed by atoms with Crippen LogP contribution in [0.25, 0.3) is 21.8 Å². The Bertz CT molecular complexity index is 665. The van der Waals surface area contributed by atoms with Crippen molar-refractivity contribution in [2.75, 3.05) is 0 Å². The maximum Gasteiger partial charge on any atom is 0.114 e. The molecule has 0 radical (unpaired) electrons. The Labute approximate surface area is 85.2 Å². The molecule has 0 amide bonds. The molecule has 0 atom stereocenters. The first-order valence-electron chi connectivity index (χ1n) is 4.33. The number of hydrogen-bond acceptors (Lipinski definition) is 2. The summed E-state index contributed by atoms with van der Waals surface area (Å²) in [6, 6.07) is 7.85. The van der Waals surface area contributed by atoms with Crippen molar-refractivity contribution in [1.82, 2.24) is 4.98 Å². The number of aromatic amines is 1. The molecular weight excluding hydrogens is 194 g/mol. The van der Waals surface area contributed by atoms with Crippen LogP contribution < -0.4 is 0 Å². The van der Waals surface area contributed by atoms with E-state index in [1.165, 1.54) is 0 Å². The molecule has 0 aliphatic carbocycles.